The van der Waals surface area contributed by atoms with Gasteiger partial charge in [0.15, 0.2) is 0 Å². The number of rotatable bonds is 3. The highest BCUT2D eigenvalue weighted by molar-refractivity contribution is 5.66. The molecule has 0 aromatic heterocycles. The molecule has 0 spiro atoms. The molecule has 0 bridgehead atoms. The van der Waals surface area contributed by atoms with Crippen LogP contribution in [0.1, 0.15) is 24.0 Å². The van der Waals surface area contributed by atoms with Crippen molar-refractivity contribution in [3.05, 3.63) is 35.4 Å². The summed E-state index contributed by atoms with van der Waals surface area (Å²) in [6, 6.07) is 8.48. The number of aliphatic hydroxyl groups excluding tert-OH is 1. The molecule has 3 nitrogen and oxygen atoms in total. The van der Waals surface area contributed by atoms with Crippen LogP contribution in [0.25, 0.3) is 0 Å². The maximum atomic E-state index is 9.65. The molecule has 2 N–H and O–H groups in total. The smallest absolute Gasteiger partial charge is 0.303 e. The van der Waals surface area contributed by atoms with Gasteiger partial charge in [-0.2, -0.15) is 0 Å². The SMILES string of the molecule is Cc1ccc(C)cc1.O=C(O)CCCO. The minimum absolute atomic E-state index is 0.0354. The number of carboxylic acid groups (broad SMARTS) is 1. The Morgan fingerprint density at radius 2 is 1.53 bits per heavy atom. The Bertz CT molecular complexity index is 256. The number of hydrogen-bond donors (Lipinski definition) is 2. The van der Waals surface area contributed by atoms with Gasteiger partial charge in [0.25, 0.3) is 0 Å². The van der Waals surface area contributed by atoms with Gasteiger partial charge in [-0.3, -0.25) is 4.79 Å². The largest absolute Gasteiger partial charge is 0.481 e. The van der Waals surface area contributed by atoms with Crippen LogP contribution in [0.15, 0.2) is 24.3 Å². The fourth-order valence-corrected chi connectivity index (χ4v) is 0.867. The van der Waals surface area contributed by atoms with Gasteiger partial charge >= 0.3 is 5.97 Å². The van der Waals surface area contributed by atoms with Crippen LogP contribution < -0.4 is 0 Å². The maximum Gasteiger partial charge on any atom is 0.303 e. The Labute approximate surface area is 90.4 Å². The van der Waals surface area contributed by atoms with E-state index in [0.29, 0.717) is 6.42 Å². The van der Waals surface area contributed by atoms with E-state index in [1.807, 2.05) is 0 Å². The van der Waals surface area contributed by atoms with Gasteiger partial charge in [0.2, 0.25) is 0 Å². The standard InChI is InChI=1S/C8H10.C4H8O3/c1-7-3-5-8(2)6-4-7;5-3-1-2-4(6)7/h3-6H,1-2H3;5H,1-3H2,(H,6,7). The van der Waals surface area contributed by atoms with Crippen molar-refractivity contribution in [3.8, 4) is 0 Å². The topological polar surface area (TPSA) is 57.5 Å². The highest BCUT2D eigenvalue weighted by Crippen LogP contribution is 1.99. The number of carboxylic acids is 1. The molecule has 0 aliphatic carbocycles. The van der Waals surface area contributed by atoms with E-state index >= 15 is 0 Å². The fourth-order valence-electron chi connectivity index (χ4n) is 0.867. The minimum Gasteiger partial charge on any atom is -0.481 e. The number of benzene rings is 1. The molecule has 0 fully saturated rings. The molecule has 1 aromatic rings. The first-order chi connectivity index (χ1) is 7.06. The summed E-state index contributed by atoms with van der Waals surface area (Å²) in [7, 11) is 0. The lowest BCUT2D eigenvalue weighted by molar-refractivity contribution is -0.137. The summed E-state index contributed by atoms with van der Waals surface area (Å²) < 4.78 is 0. The number of aliphatic hydroxyl groups is 1. The first-order valence-corrected chi connectivity index (χ1v) is 4.92. The zero-order valence-electron chi connectivity index (χ0n) is 9.23. The lowest BCUT2D eigenvalue weighted by atomic mass is 10.2. The van der Waals surface area contributed by atoms with Crippen molar-refractivity contribution in [2.45, 2.75) is 26.7 Å². The molecule has 3 heteroatoms. The lowest BCUT2D eigenvalue weighted by Crippen LogP contribution is -1.95. The summed E-state index contributed by atoms with van der Waals surface area (Å²) in [5.41, 5.74) is 2.66. The molecule has 0 heterocycles. The number of aliphatic carboxylic acids is 1. The van der Waals surface area contributed by atoms with E-state index in [0.717, 1.165) is 0 Å². The molecule has 0 aliphatic heterocycles. The van der Waals surface area contributed by atoms with Gasteiger partial charge in [-0.15, -0.1) is 0 Å². The highest BCUT2D eigenvalue weighted by Gasteiger charge is 1.91. The zero-order valence-corrected chi connectivity index (χ0v) is 9.23. The number of hydrogen-bond acceptors (Lipinski definition) is 2. The zero-order chi connectivity index (χ0) is 11.7. The summed E-state index contributed by atoms with van der Waals surface area (Å²) in [5.74, 6) is -0.853. The van der Waals surface area contributed by atoms with Crippen molar-refractivity contribution < 1.29 is 15.0 Å². The van der Waals surface area contributed by atoms with Crippen LogP contribution in [0, 0.1) is 13.8 Å². The van der Waals surface area contributed by atoms with Gasteiger partial charge in [-0.25, -0.2) is 0 Å². The number of aryl methyl sites for hydroxylation is 2. The van der Waals surface area contributed by atoms with Crippen LogP contribution in [-0.4, -0.2) is 22.8 Å². The van der Waals surface area contributed by atoms with Crippen molar-refractivity contribution >= 4 is 5.97 Å². The number of carbonyl (C=O) groups is 1. The molecule has 0 amide bonds. The Morgan fingerprint density at radius 3 is 1.73 bits per heavy atom. The van der Waals surface area contributed by atoms with E-state index in [-0.39, 0.29) is 13.0 Å². The third-order valence-corrected chi connectivity index (χ3v) is 1.77. The molecule has 0 saturated heterocycles. The van der Waals surface area contributed by atoms with Crippen LogP contribution in [0.5, 0.6) is 0 Å². The first-order valence-electron chi connectivity index (χ1n) is 4.92. The molecule has 0 atom stereocenters. The quantitative estimate of drug-likeness (QED) is 0.803. The van der Waals surface area contributed by atoms with Crippen molar-refractivity contribution in [2.75, 3.05) is 6.61 Å². The molecule has 0 unspecified atom stereocenters. The van der Waals surface area contributed by atoms with Crippen LogP contribution in [0.2, 0.25) is 0 Å². The molecular formula is C12H18O3. The minimum atomic E-state index is -0.853. The summed E-state index contributed by atoms with van der Waals surface area (Å²) in [6.07, 6.45) is 0.422. The molecule has 1 rings (SSSR count). The van der Waals surface area contributed by atoms with E-state index in [2.05, 4.69) is 38.1 Å². The van der Waals surface area contributed by atoms with E-state index in [1.165, 1.54) is 11.1 Å². The van der Waals surface area contributed by atoms with Crippen LogP contribution in [-0.2, 0) is 4.79 Å². The van der Waals surface area contributed by atoms with Gasteiger partial charge in [0, 0.05) is 13.0 Å². The summed E-state index contributed by atoms with van der Waals surface area (Å²) >= 11 is 0. The molecular weight excluding hydrogens is 192 g/mol. The van der Waals surface area contributed by atoms with Gasteiger partial charge < -0.3 is 10.2 Å². The Balaban J connectivity index is 0.000000265. The van der Waals surface area contributed by atoms with Crippen molar-refractivity contribution in [3.63, 3.8) is 0 Å². The molecule has 0 aliphatic rings. The van der Waals surface area contributed by atoms with Gasteiger partial charge in [0.05, 0.1) is 0 Å². The normalized spacial score (nSPS) is 9.00. The Hall–Kier alpha value is -1.35. The van der Waals surface area contributed by atoms with Gasteiger partial charge in [-0.1, -0.05) is 35.4 Å². The van der Waals surface area contributed by atoms with E-state index < -0.39 is 5.97 Å². The molecule has 1 aromatic carbocycles. The van der Waals surface area contributed by atoms with Gasteiger partial charge in [0.1, 0.15) is 0 Å². The van der Waals surface area contributed by atoms with Crippen LogP contribution in [0.3, 0.4) is 0 Å². The van der Waals surface area contributed by atoms with Crippen LogP contribution >= 0.6 is 0 Å². The third kappa shape index (κ3) is 8.97. The lowest BCUT2D eigenvalue weighted by Gasteiger charge is -1.90. The third-order valence-electron chi connectivity index (χ3n) is 1.77. The molecule has 84 valence electrons. The predicted octanol–water partition coefficient (Wildman–Crippen LogP) is 2.15. The van der Waals surface area contributed by atoms with E-state index in [9.17, 15) is 4.79 Å². The molecule has 0 radical (unpaired) electrons. The average molecular weight is 210 g/mol. The first kappa shape index (κ1) is 13.7. The van der Waals surface area contributed by atoms with Crippen molar-refractivity contribution in [1.29, 1.82) is 0 Å². The second kappa shape index (κ2) is 8.00. The van der Waals surface area contributed by atoms with E-state index in [1.54, 1.807) is 0 Å². The summed E-state index contributed by atoms with van der Waals surface area (Å²) in [5, 5.41) is 16.0. The second-order valence-corrected chi connectivity index (χ2v) is 3.38. The maximum absolute atomic E-state index is 9.65. The van der Waals surface area contributed by atoms with Gasteiger partial charge in [-0.05, 0) is 20.3 Å². The highest BCUT2D eigenvalue weighted by atomic mass is 16.4. The molecule has 15 heavy (non-hydrogen) atoms. The second-order valence-electron chi connectivity index (χ2n) is 3.38. The average Bonchev–Trinajstić information content (AvgIpc) is 2.20. The summed E-state index contributed by atoms with van der Waals surface area (Å²) in [6.45, 7) is 4.16. The summed E-state index contributed by atoms with van der Waals surface area (Å²) in [4.78, 5) is 9.65. The van der Waals surface area contributed by atoms with Crippen LogP contribution in [0.4, 0.5) is 0 Å². The fraction of sp³-hybridized carbons (Fsp3) is 0.417. The van der Waals surface area contributed by atoms with Crippen molar-refractivity contribution in [2.24, 2.45) is 0 Å². The van der Waals surface area contributed by atoms with Crippen molar-refractivity contribution in [1.82, 2.24) is 0 Å². The Morgan fingerprint density at radius 1 is 1.13 bits per heavy atom. The molecule has 0 saturated carbocycles. The predicted molar refractivity (Wildman–Crippen MR) is 59.9 cm³/mol. The monoisotopic (exact) mass is 210 g/mol. The van der Waals surface area contributed by atoms with E-state index in [4.69, 9.17) is 10.2 Å². The Kier molecular flexibility index (Phi) is 7.28.